The van der Waals surface area contributed by atoms with Gasteiger partial charge in [-0.2, -0.15) is 0 Å². The first kappa shape index (κ1) is 11.0. The minimum absolute atomic E-state index is 0.326. The van der Waals surface area contributed by atoms with Crippen LogP contribution in [0.4, 0.5) is 0 Å². The maximum atomic E-state index is 11.8. The van der Waals surface area contributed by atoms with Crippen molar-refractivity contribution in [2.45, 2.75) is 6.92 Å². The Bertz CT molecular complexity index is 375. The van der Waals surface area contributed by atoms with E-state index in [1.165, 1.54) is 0 Å². The van der Waals surface area contributed by atoms with Crippen LogP contribution in [0.5, 0.6) is 0 Å². The molecule has 0 aliphatic carbocycles. The van der Waals surface area contributed by atoms with E-state index in [0.717, 1.165) is 26.2 Å². The van der Waals surface area contributed by atoms with Crippen LogP contribution >= 0.6 is 0 Å². The van der Waals surface area contributed by atoms with Crippen molar-refractivity contribution in [1.29, 1.82) is 0 Å². The fourth-order valence-electron chi connectivity index (χ4n) is 1.60. The van der Waals surface area contributed by atoms with Crippen LogP contribution in [0.15, 0.2) is 18.3 Å². The number of piperazine rings is 1. The molecular formula is C11H15N3O2. The lowest BCUT2D eigenvalue weighted by Crippen LogP contribution is -2.44. The average Bonchev–Trinajstić information content (AvgIpc) is 2.31. The lowest BCUT2D eigenvalue weighted by Gasteiger charge is -2.25. The molecule has 5 nitrogen and oxygen atoms in total. The third-order valence-corrected chi connectivity index (χ3v) is 2.51. The van der Waals surface area contributed by atoms with Crippen molar-refractivity contribution in [3.63, 3.8) is 0 Å². The molecule has 2 rings (SSSR count). The van der Waals surface area contributed by atoms with Gasteiger partial charge in [-0.15, -0.1) is 5.06 Å². The molecule has 1 fully saturated rings. The van der Waals surface area contributed by atoms with Gasteiger partial charge in [-0.3, -0.25) is 4.98 Å². The molecule has 0 bridgehead atoms. The molecule has 0 unspecified atom stereocenters. The quantitative estimate of drug-likeness (QED) is 0.781. The van der Waals surface area contributed by atoms with Crippen LogP contribution in [0.1, 0.15) is 16.1 Å². The number of nitrogens with zero attached hydrogens (tertiary/aromatic N) is 2. The molecule has 1 aromatic heterocycles. The number of carbonyl (C=O) groups is 1. The van der Waals surface area contributed by atoms with E-state index in [9.17, 15) is 4.79 Å². The Labute approximate surface area is 94.4 Å². The predicted molar refractivity (Wildman–Crippen MR) is 58.8 cm³/mol. The van der Waals surface area contributed by atoms with E-state index < -0.39 is 0 Å². The Kier molecular flexibility index (Phi) is 3.48. The first-order valence-corrected chi connectivity index (χ1v) is 5.37. The summed E-state index contributed by atoms with van der Waals surface area (Å²) in [4.78, 5) is 21.1. The zero-order chi connectivity index (χ0) is 11.4. The van der Waals surface area contributed by atoms with Gasteiger partial charge in [-0.25, -0.2) is 4.79 Å². The van der Waals surface area contributed by atoms with Crippen molar-refractivity contribution in [1.82, 2.24) is 15.4 Å². The van der Waals surface area contributed by atoms with Crippen LogP contribution in [0.25, 0.3) is 0 Å². The minimum atomic E-state index is -0.326. The summed E-state index contributed by atoms with van der Waals surface area (Å²) in [5, 5.41) is 4.88. The fraction of sp³-hybridized carbons (Fsp3) is 0.455. The molecule has 0 amide bonds. The monoisotopic (exact) mass is 221 g/mol. The fourth-order valence-corrected chi connectivity index (χ4v) is 1.60. The molecule has 0 aromatic carbocycles. The largest absolute Gasteiger partial charge is 0.364 e. The molecule has 2 heterocycles. The highest BCUT2D eigenvalue weighted by Gasteiger charge is 2.17. The van der Waals surface area contributed by atoms with Gasteiger partial charge < -0.3 is 10.2 Å². The maximum Gasteiger partial charge on any atom is 0.358 e. The number of hydrogen-bond acceptors (Lipinski definition) is 5. The number of hydrogen-bond donors (Lipinski definition) is 1. The third-order valence-electron chi connectivity index (χ3n) is 2.51. The summed E-state index contributed by atoms with van der Waals surface area (Å²) < 4.78 is 0. The lowest BCUT2D eigenvalue weighted by molar-refractivity contribution is -0.115. The summed E-state index contributed by atoms with van der Waals surface area (Å²) in [6, 6.07) is 3.47. The Morgan fingerprint density at radius 2 is 2.25 bits per heavy atom. The second kappa shape index (κ2) is 5.05. The molecule has 16 heavy (non-hydrogen) atoms. The van der Waals surface area contributed by atoms with E-state index in [-0.39, 0.29) is 5.97 Å². The number of nitrogens with one attached hydrogen (secondary N) is 1. The summed E-state index contributed by atoms with van der Waals surface area (Å²) in [7, 11) is 0. The normalized spacial score (nSPS) is 17.1. The van der Waals surface area contributed by atoms with Gasteiger partial charge in [-0.1, -0.05) is 0 Å². The molecule has 1 aromatic rings. The smallest absolute Gasteiger partial charge is 0.358 e. The summed E-state index contributed by atoms with van der Waals surface area (Å²) in [5.74, 6) is -0.326. The van der Waals surface area contributed by atoms with Crippen LogP contribution in [0.3, 0.4) is 0 Å². The zero-order valence-corrected chi connectivity index (χ0v) is 9.27. The van der Waals surface area contributed by atoms with E-state index in [0.29, 0.717) is 11.3 Å². The molecule has 0 radical (unpaired) electrons. The Balaban J connectivity index is 2.00. The molecule has 1 N–H and O–H groups in total. The molecule has 5 heteroatoms. The first-order valence-electron chi connectivity index (χ1n) is 5.37. The van der Waals surface area contributed by atoms with E-state index in [4.69, 9.17) is 4.84 Å². The highest BCUT2D eigenvalue weighted by molar-refractivity contribution is 5.90. The van der Waals surface area contributed by atoms with Crippen LogP contribution in [-0.4, -0.2) is 42.2 Å². The van der Waals surface area contributed by atoms with E-state index in [1.54, 1.807) is 30.3 Å². The van der Waals surface area contributed by atoms with Crippen molar-refractivity contribution in [2.24, 2.45) is 0 Å². The number of aromatic nitrogens is 1. The molecule has 0 atom stereocenters. The number of carbonyl (C=O) groups excluding carboxylic acids is 1. The lowest BCUT2D eigenvalue weighted by atomic mass is 10.2. The maximum absolute atomic E-state index is 11.8. The number of hydroxylamine groups is 2. The number of aryl methyl sites for hydroxylation is 1. The Morgan fingerprint density at radius 1 is 1.50 bits per heavy atom. The number of rotatable bonds is 2. The van der Waals surface area contributed by atoms with Gasteiger partial charge in [0.15, 0.2) is 0 Å². The van der Waals surface area contributed by atoms with Gasteiger partial charge in [0.25, 0.3) is 0 Å². The van der Waals surface area contributed by atoms with Gasteiger partial charge in [0.05, 0.1) is 11.3 Å². The molecule has 86 valence electrons. The summed E-state index contributed by atoms with van der Waals surface area (Å²) in [5.41, 5.74) is 1.23. The SMILES string of the molecule is Cc1ncccc1C(=O)ON1CCNCC1. The van der Waals surface area contributed by atoms with Crippen LogP contribution < -0.4 is 5.32 Å². The predicted octanol–water partition coefficient (Wildman–Crippen LogP) is 0.367. The minimum Gasteiger partial charge on any atom is -0.364 e. The molecule has 1 aliphatic rings. The van der Waals surface area contributed by atoms with E-state index in [1.807, 2.05) is 0 Å². The van der Waals surface area contributed by atoms with Crippen LogP contribution in [0, 0.1) is 6.92 Å². The average molecular weight is 221 g/mol. The standard InChI is InChI=1S/C11H15N3O2/c1-9-10(3-2-4-13-9)11(15)16-14-7-5-12-6-8-14/h2-4,12H,5-8H2,1H3. The van der Waals surface area contributed by atoms with Gasteiger partial charge in [0.1, 0.15) is 0 Å². The van der Waals surface area contributed by atoms with Gasteiger partial charge in [0.2, 0.25) is 0 Å². The second-order valence-corrected chi connectivity index (χ2v) is 3.69. The Hall–Kier alpha value is -1.46. The molecule has 1 aliphatic heterocycles. The third kappa shape index (κ3) is 2.56. The van der Waals surface area contributed by atoms with Gasteiger partial charge in [0, 0.05) is 32.4 Å². The highest BCUT2D eigenvalue weighted by Crippen LogP contribution is 2.07. The topological polar surface area (TPSA) is 54.5 Å². The molecule has 0 spiro atoms. The van der Waals surface area contributed by atoms with E-state index >= 15 is 0 Å². The summed E-state index contributed by atoms with van der Waals surface area (Å²) in [6.45, 7) is 4.95. The summed E-state index contributed by atoms with van der Waals surface area (Å²) in [6.07, 6.45) is 1.66. The van der Waals surface area contributed by atoms with Crippen LogP contribution in [-0.2, 0) is 4.84 Å². The number of pyridine rings is 1. The van der Waals surface area contributed by atoms with Crippen molar-refractivity contribution < 1.29 is 9.63 Å². The van der Waals surface area contributed by atoms with Gasteiger partial charge >= 0.3 is 5.97 Å². The van der Waals surface area contributed by atoms with Gasteiger partial charge in [-0.05, 0) is 19.1 Å². The second-order valence-electron chi connectivity index (χ2n) is 3.69. The first-order chi connectivity index (χ1) is 7.77. The van der Waals surface area contributed by atoms with E-state index in [2.05, 4.69) is 10.3 Å². The molecule has 1 saturated heterocycles. The molecule has 0 saturated carbocycles. The van der Waals surface area contributed by atoms with Crippen molar-refractivity contribution in [3.05, 3.63) is 29.6 Å². The van der Waals surface area contributed by atoms with Crippen molar-refractivity contribution >= 4 is 5.97 Å². The zero-order valence-electron chi connectivity index (χ0n) is 9.27. The molecular weight excluding hydrogens is 206 g/mol. The Morgan fingerprint density at radius 3 is 2.94 bits per heavy atom. The highest BCUT2D eigenvalue weighted by atomic mass is 16.7. The summed E-state index contributed by atoms with van der Waals surface area (Å²) >= 11 is 0. The van der Waals surface area contributed by atoms with Crippen molar-refractivity contribution in [2.75, 3.05) is 26.2 Å². The van der Waals surface area contributed by atoms with Crippen molar-refractivity contribution in [3.8, 4) is 0 Å². The van der Waals surface area contributed by atoms with Crippen LogP contribution in [0.2, 0.25) is 0 Å².